The number of rotatable bonds is 3. The number of aryl methyl sites for hydroxylation is 2. The number of hydrogen-bond donors (Lipinski definition) is 0. The van der Waals surface area contributed by atoms with Gasteiger partial charge in [-0.25, -0.2) is 4.39 Å². The van der Waals surface area contributed by atoms with Crippen molar-refractivity contribution in [3.63, 3.8) is 0 Å². The van der Waals surface area contributed by atoms with Crippen LogP contribution in [0.25, 0.3) is 11.1 Å². The molecule has 1 aliphatic rings. The predicted molar refractivity (Wildman–Crippen MR) is 116 cm³/mol. The van der Waals surface area contributed by atoms with Gasteiger partial charge in [0.2, 0.25) is 0 Å². The highest BCUT2D eigenvalue weighted by molar-refractivity contribution is 5.64. The maximum absolute atomic E-state index is 13.9. The molecule has 1 unspecified atom stereocenters. The second-order valence-electron chi connectivity index (χ2n) is 8.38. The third-order valence-electron chi connectivity index (χ3n) is 6.19. The van der Waals surface area contributed by atoms with E-state index in [1.54, 1.807) is 13.0 Å². The first-order valence-corrected chi connectivity index (χ1v) is 10.1. The second kappa shape index (κ2) is 7.39. The van der Waals surface area contributed by atoms with Crippen LogP contribution in [0.5, 0.6) is 0 Å². The molecule has 0 N–H and O–H groups in total. The molecule has 0 fully saturated rings. The Morgan fingerprint density at radius 1 is 0.893 bits per heavy atom. The predicted octanol–water partition coefficient (Wildman–Crippen LogP) is 7.50. The molecule has 0 saturated carbocycles. The third-order valence-corrected chi connectivity index (χ3v) is 6.19. The summed E-state index contributed by atoms with van der Waals surface area (Å²) in [6.45, 7) is 6.29. The second-order valence-corrected chi connectivity index (χ2v) is 8.38. The van der Waals surface area contributed by atoms with Crippen molar-refractivity contribution in [1.29, 1.82) is 0 Å². The summed E-state index contributed by atoms with van der Waals surface area (Å²) in [5.74, 6) is 0.300. The Hall–Kier alpha value is -2.67. The fraction of sp³-hybridized carbons (Fsp3) is 0.259. The molecule has 1 heteroatoms. The van der Waals surface area contributed by atoms with Crippen molar-refractivity contribution in [2.45, 2.75) is 44.9 Å². The van der Waals surface area contributed by atoms with Gasteiger partial charge in [0.1, 0.15) is 5.82 Å². The zero-order chi connectivity index (χ0) is 19.7. The summed E-state index contributed by atoms with van der Waals surface area (Å²) in [7, 11) is 0. The van der Waals surface area contributed by atoms with E-state index in [1.807, 2.05) is 12.1 Å². The minimum Gasteiger partial charge on any atom is -0.207 e. The van der Waals surface area contributed by atoms with E-state index in [0.29, 0.717) is 11.5 Å². The molecular formula is C27H27F. The van der Waals surface area contributed by atoms with Crippen molar-refractivity contribution in [1.82, 2.24) is 0 Å². The number of benzene rings is 3. The van der Waals surface area contributed by atoms with Gasteiger partial charge < -0.3 is 0 Å². The molecule has 0 aromatic heterocycles. The summed E-state index contributed by atoms with van der Waals surface area (Å²) in [4.78, 5) is 0. The monoisotopic (exact) mass is 370 g/mol. The molecule has 4 rings (SSSR count). The van der Waals surface area contributed by atoms with E-state index in [2.05, 4.69) is 74.5 Å². The van der Waals surface area contributed by atoms with Gasteiger partial charge in [-0.1, -0.05) is 85.3 Å². The van der Waals surface area contributed by atoms with Crippen molar-refractivity contribution in [2.24, 2.45) is 0 Å². The van der Waals surface area contributed by atoms with Crippen LogP contribution in [0.15, 0.2) is 78.9 Å². The maximum Gasteiger partial charge on any atom is 0.126 e. The van der Waals surface area contributed by atoms with Gasteiger partial charge in [-0.05, 0) is 60.6 Å². The van der Waals surface area contributed by atoms with Crippen LogP contribution in [0.2, 0.25) is 0 Å². The SMILES string of the molecule is Cc1cccc([C@]2(C)C=CC(c3ccc(-c4ccc(C)c(F)c4)cc3)CC2)c1. The Kier molecular flexibility index (Phi) is 4.93. The summed E-state index contributed by atoms with van der Waals surface area (Å²) < 4.78 is 13.9. The number of halogens is 1. The Bertz CT molecular complexity index is 1010. The van der Waals surface area contributed by atoms with Crippen LogP contribution in [0.4, 0.5) is 4.39 Å². The van der Waals surface area contributed by atoms with Gasteiger partial charge in [-0.3, -0.25) is 0 Å². The first kappa shape index (κ1) is 18.7. The van der Waals surface area contributed by atoms with Crippen LogP contribution in [-0.4, -0.2) is 0 Å². The zero-order valence-corrected chi connectivity index (χ0v) is 16.9. The molecule has 0 nitrogen and oxygen atoms in total. The molecular weight excluding hydrogens is 343 g/mol. The molecule has 0 spiro atoms. The molecule has 0 bridgehead atoms. The molecule has 142 valence electrons. The molecule has 1 aliphatic carbocycles. The van der Waals surface area contributed by atoms with Crippen LogP contribution >= 0.6 is 0 Å². The van der Waals surface area contributed by atoms with Crippen LogP contribution in [0.3, 0.4) is 0 Å². The Labute approximate surface area is 167 Å². The summed E-state index contributed by atoms with van der Waals surface area (Å²) in [5, 5.41) is 0. The van der Waals surface area contributed by atoms with E-state index < -0.39 is 0 Å². The quantitative estimate of drug-likeness (QED) is 0.419. The van der Waals surface area contributed by atoms with Gasteiger partial charge >= 0.3 is 0 Å². The average Bonchev–Trinajstić information content (AvgIpc) is 2.71. The molecule has 2 atom stereocenters. The van der Waals surface area contributed by atoms with Crippen LogP contribution in [0, 0.1) is 19.7 Å². The highest BCUT2D eigenvalue weighted by atomic mass is 19.1. The van der Waals surface area contributed by atoms with E-state index in [4.69, 9.17) is 0 Å². The first-order chi connectivity index (χ1) is 13.4. The van der Waals surface area contributed by atoms with Crippen LogP contribution < -0.4 is 0 Å². The van der Waals surface area contributed by atoms with Crippen LogP contribution in [0.1, 0.15) is 47.9 Å². The van der Waals surface area contributed by atoms with Crippen molar-refractivity contribution >= 4 is 0 Å². The topological polar surface area (TPSA) is 0 Å². The molecule has 28 heavy (non-hydrogen) atoms. The van der Waals surface area contributed by atoms with E-state index in [1.165, 1.54) is 16.7 Å². The molecule has 0 radical (unpaired) electrons. The smallest absolute Gasteiger partial charge is 0.126 e. The fourth-order valence-electron chi connectivity index (χ4n) is 4.18. The van der Waals surface area contributed by atoms with E-state index in [-0.39, 0.29) is 11.2 Å². The third kappa shape index (κ3) is 3.67. The minimum absolute atomic E-state index is 0.113. The van der Waals surface area contributed by atoms with Gasteiger partial charge in [0.05, 0.1) is 0 Å². The lowest BCUT2D eigenvalue weighted by Crippen LogP contribution is -2.23. The van der Waals surface area contributed by atoms with Crippen LogP contribution in [-0.2, 0) is 5.41 Å². The Balaban J connectivity index is 1.53. The maximum atomic E-state index is 13.9. The van der Waals surface area contributed by atoms with Gasteiger partial charge in [0, 0.05) is 11.3 Å². The highest BCUT2D eigenvalue weighted by Crippen LogP contribution is 2.40. The lowest BCUT2D eigenvalue weighted by molar-refractivity contribution is 0.471. The normalized spacial score (nSPS) is 21.6. The van der Waals surface area contributed by atoms with Gasteiger partial charge in [0.25, 0.3) is 0 Å². The molecule has 0 heterocycles. The van der Waals surface area contributed by atoms with Crippen molar-refractivity contribution in [3.05, 3.63) is 107 Å². The molecule has 0 aliphatic heterocycles. The molecule has 3 aromatic rings. The van der Waals surface area contributed by atoms with Crippen molar-refractivity contribution < 1.29 is 4.39 Å². The summed E-state index contributed by atoms with van der Waals surface area (Å²) in [6.07, 6.45) is 7.04. The first-order valence-electron chi connectivity index (χ1n) is 10.1. The summed E-state index contributed by atoms with van der Waals surface area (Å²) in [6, 6.07) is 22.9. The number of allylic oxidation sites excluding steroid dienone is 2. The largest absolute Gasteiger partial charge is 0.207 e. The lowest BCUT2D eigenvalue weighted by Gasteiger charge is -2.33. The molecule has 0 saturated heterocycles. The summed E-state index contributed by atoms with van der Waals surface area (Å²) >= 11 is 0. The summed E-state index contributed by atoms with van der Waals surface area (Å²) in [5.41, 5.74) is 6.84. The Morgan fingerprint density at radius 3 is 2.29 bits per heavy atom. The van der Waals surface area contributed by atoms with E-state index >= 15 is 0 Å². The minimum atomic E-state index is -0.146. The average molecular weight is 371 g/mol. The van der Waals surface area contributed by atoms with Crippen molar-refractivity contribution in [2.75, 3.05) is 0 Å². The van der Waals surface area contributed by atoms with Crippen molar-refractivity contribution in [3.8, 4) is 11.1 Å². The fourth-order valence-corrected chi connectivity index (χ4v) is 4.18. The standard InChI is InChI=1S/C27H27F/c1-19-5-4-6-25(17-19)27(3)15-13-23(14-16-27)21-9-11-22(12-10-21)24-8-7-20(2)26(28)18-24/h4-13,15,17-18,23H,14,16H2,1-3H3/t23?,27-/m1/s1. The Morgan fingerprint density at radius 2 is 1.64 bits per heavy atom. The zero-order valence-electron chi connectivity index (χ0n) is 16.9. The lowest BCUT2D eigenvalue weighted by atomic mass is 9.71. The molecule has 3 aromatic carbocycles. The van der Waals surface area contributed by atoms with E-state index in [0.717, 1.165) is 24.0 Å². The number of hydrogen-bond acceptors (Lipinski definition) is 0. The molecule has 0 amide bonds. The van der Waals surface area contributed by atoms with E-state index in [9.17, 15) is 4.39 Å². The van der Waals surface area contributed by atoms with Gasteiger partial charge in [-0.2, -0.15) is 0 Å². The van der Waals surface area contributed by atoms with Gasteiger partial charge in [-0.15, -0.1) is 0 Å². The van der Waals surface area contributed by atoms with Gasteiger partial charge in [0.15, 0.2) is 0 Å². The highest BCUT2D eigenvalue weighted by Gasteiger charge is 2.28.